The molecule has 1 heterocycles. The Morgan fingerprint density at radius 2 is 2.12 bits per heavy atom. The molecule has 1 aliphatic rings. The molecule has 84 valence electrons. The summed E-state index contributed by atoms with van der Waals surface area (Å²) in [6.45, 7) is 1.74. The summed E-state index contributed by atoms with van der Waals surface area (Å²) in [5, 5.41) is 9.48. The first-order valence-electron chi connectivity index (χ1n) is 4.84. The van der Waals surface area contributed by atoms with E-state index in [1.807, 2.05) is 0 Å². The van der Waals surface area contributed by atoms with Gasteiger partial charge in [-0.25, -0.2) is 4.98 Å². The minimum absolute atomic E-state index is 0.0343. The number of carboxylic acid groups (broad SMARTS) is 1. The molecule has 0 amide bonds. The number of carboxylic acids is 1. The summed E-state index contributed by atoms with van der Waals surface area (Å²) in [4.78, 5) is 26.3. The van der Waals surface area contributed by atoms with Crippen molar-refractivity contribution in [2.75, 3.05) is 0 Å². The zero-order valence-electron chi connectivity index (χ0n) is 8.66. The molecule has 0 spiro atoms. The fourth-order valence-corrected chi connectivity index (χ4v) is 2.26. The van der Waals surface area contributed by atoms with Crippen molar-refractivity contribution < 1.29 is 14.7 Å². The third-order valence-corrected chi connectivity index (χ3v) is 3.08. The molecule has 1 fully saturated rings. The van der Waals surface area contributed by atoms with E-state index >= 15 is 0 Å². The number of hydrogen-bond donors (Lipinski definition) is 1. The fourth-order valence-electron chi connectivity index (χ4n) is 2.00. The van der Waals surface area contributed by atoms with Crippen LogP contribution in [0.4, 0.5) is 0 Å². The fraction of sp³-hybridized carbons (Fsp3) is 0.364. The number of hydrogen-bond acceptors (Lipinski definition) is 3. The van der Waals surface area contributed by atoms with Crippen molar-refractivity contribution in [3.8, 4) is 0 Å². The Bertz CT molecular complexity index is 456. The van der Waals surface area contributed by atoms with Crippen molar-refractivity contribution in [2.45, 2.75) is 25.2 Å². The second kappa shape index (κ2) is 3.56. The Morgan fingerprint density at radius 3 is 2.56 bits per heavy atom. The van der Waals surface area contributed by atoms with Crippen LogP contribution < -0.4 is 0 Å². The normalized spacial score (nSPS) is 18.0. The van der Waals surface area contributed by atoms with Crippen LogP contribution in [-0.4, -0.2) is 21.8 Å². The molecule has 1 aromatic rings. The van der Waals surface area contributed by atoms with Crippen molar-refractivity contribution in [2.24, 2.45) is 0 Å². The van der Waals surface area contributed by atoms with Crippen molar-refractivity contribution in [1.29, 1.82) is 0 Å². The van der Waals surface area contributed by atoms with Gasteiger partial charge in [0, 0.05) is 18.5 Å². The van der Waals surface area contributed by atoms with Crippen LogP contribution in [-0.2, 0) is 15.0 Å². The van der Waals surface area contributed by atoms with Gasteiger partial charge in [-0.1, -0.05) is 11.6 Å². The minimum Gasteiger partial charge on any atom is -0.481 e. The van der Waals surface area contributed by atoms with E-state index in [1.165, 1.54) is 6.07 Å². The van der Waals surface area contributed by atoms with Crippen molar-refractivity contribution in [3.05, 3.63) is 28.5 Å². The maximum absolute atomic E-state index is 11.3. The van der Waals surface area contributed by atoms with Gasteiger partial charge in [0.1, 0.15) is 16.4 Å². The number of aromatic nitrogens is 1. The van der Waals surface area contributed by atoms with Gasteiger partial charge in [-0.3, -0.25) is 9.59 Å². The Morgan fingerprint density at radius 1 is 1.50 bits per heavy atom. The van der Waals surface area contributed by atoms with Gasteiger partial charge in [-0.05, 0) is 24.6 Å². The molecule has 0 aromatic carbocycles. The number of pyridine rings is 1. The molecule has 4 nitrogen and oxygen atoms in total. The van der Waals surface area contributed by atoms with Crippen LogP contribution in [0.15, 0.2) is 12.1 Å². The predicted molar refractivity (Wildman–Crippen MR) is 57.5 cm³/mol. The average molecular weight is 240 g/mol. The highest BCUT2D eigenvalue weighted by atomic mass is 35.5. The van der Waals surface area contributed by atoms with Crippen LogP contribution in [0.25, 0.3) is 0 Å². The summed E-state index contributed by atoms with van der Waals surface area (Å²) in [5.74, 6) is -1.01. The molecular formula is C11H10ClNO3. The Balaban J connectivity index is 2.48. The highest BCUT2D eigenvalue weighted by Crippen LogP contribution is 2.42. The lowest BCUT2D eigenvalue weighted by Crippen LogP contribution is -2.48. The molecule has 5 heteroatoms. The SMILES string of the molecule is Cc1cc(C2(C(=O)O)CC(=O)C2)cc(Cl)n1. The van der Waals surface area contributed by atoms with E-state index in [-0.39, 0.29) is 23.8 Å². The smallest absolute Gasteiger partial charge is 0.315 e. The van der Waals surface area contributed by atoms with E-state index < -0.39 is 11.4 Å². The summed E-state index contributed by atoms with van der Waals surface area (Å²) in [7, 11) is 0. The number of carbonyl (C=O) groups is 2. The number of carbonyl (C=O) groups excluding carboxylic acids is 1. The number of ketones is 1. The van der Waals surface area contributed by atoms with Gasteiger partial charge in [0.2, 0.25) is 0 Å². The molecule has 1 aliphatic carbocycles. The minimum atomic E-state index is -1.09. The lowest BCUT2D eigenvalue weighted by atomic mass is 9.64. The highest BCUT2D eigenvalue weighted by Gasteiger charge is 2.51. The number of aliphatic carboxylic acids is 1. The van der Waals surface area contributed by atoms with Crippen LogP contribution in [0.5, 0.6) is 0 Å². The van der Waals surface area contributed by atoms with Crippen molar-refractivity contribution in [3.63, 3.8) is 0 Å². The lowest BCUT2D eigenvalue weighted by Gasteiger charge is -2.36. The van der Waals surface area contributed by atoms with Crippen molar-refractivity contribution >= 4 is 23.4 Å². The number of aryl methyl sites for hydroxylation is 1. The Hall–Kier alpha value is -1.42. The third kappa shape index (κ3) is 1.59. The Labute approximate surface area is 97.3 Å². The van der Waals surface area contributed by atoms with Gasteiger partial charge in [0.05, 0.1) is 0 Å². The van der Waals surface area contributed by atoms with E-state index in [0.717, 1.165) is 0 Å². The van der Waals surface area contributed by atoms with Gasteiger partial charge < -0.3 is 5.11 Å². The molecule has 1 saturated carbocycles. The third-order valence-electron chi connectivity index (χ3n) is 2.88. The second-order valence-electron chi connectivity index (χ2n) is 4.10. The number of nitrogens with zero attached hydrogens (tertiary/aromatic N) is 1. The molecule has 0 bridgehead atoms. The van der Waals surface area contributed by atoms with Crippen LogP contribution in [0, 0.1) is 6.92 Å². The van der Waals surface area contributed by atoms with Gasteiger partial charge in [-0.2, -0.15) is 0 Å². The predicted octanol–water partition coefficient (Wildman–Crippen LogP) is 1.73. The molecule has 0 aliphatic heterocycles. The van der Waals surface area contributed by atoms with Crippen molar-refractivity contribution in [1.82, 2.24) is 4.98 Å². The first-order valence-corrected chi connectivity index (χ1v) is 5.21. The monoisotopic (exact) mass is 239 g/mol. The molecule has 0 atom stereocenters. The molecule has 0 unspecified atom stereocenters. The molecule has 0 saturated heterocycles. The standard InChI is InChI=1S/C11H10ClNO3/c1-6-2-7(3-9(12)13-6)11(10(15)16)4-8(14)5-11/h2-3H,4-5H2,1H3,(H,15,16). The molecule has 1 aromatic heterocycles. The van der Waals surface area contributed by atoms with Crippen LogP contribution in [0.2, 0.25) is 5.15 Å². The van der Waals surface area contributed by atoms with E-state index in [4.69, 9.17) is 11.6 Å². The van der Waals surface area contributed by atoms with Crippen LogP contribution in [0.3, 0.4) is 0 Å². The summed E-state index contributed by atoms with van der Waals surface area (Å²) in [5.41, 5.74) is 0.133. The number of rotatable bonds is 2. The average Bonchev–Trinajstić information content (AvgIpc) is 2.10. The number of halogens is 1. The van der Waals surface area contributed by atoms with E-state index in [1.54, 1.807) is 13.0 Å². The summed E-state index contributed by atoms with van der Waals surface area (Å²) in [6, 6.07) is 3.20. The maximum atomic E-state index is 11.3. The van der Waals surface area contributed by atoms with E-state index in [9.17, 15) is 14.7 Å². The molecule has 16 heavy (non-hydrogen) atoms. The zero-order chi connectivity index (χ0) is 11.9. The zero-order valence-corrected chi connectivity index (χ0v) is 9.41. The van der Waals surface area contributed by atoms with Gasteiger partial charge in [0.25, 0.3) is 0 Å². The van der Waals surface area contributed by atoms with E-state index in [2.05, 4.69) is 4.98 Å². The molecular weight excluding hydrogens is 230 g/mol. The van der Waals surface area contributed by atoms with Gasteiger partial charge in [-0.15, -0.1) is 0 Å². The summed E-state index contributed by atoms with van der Waals surface area (Å²) >= 11 is 5.79. The first-order chi connectivity index (χ1) is 7.44. The lowest BCUT2D eigenvalue weighted by molar-refractivity contribution is -0.153. The summed E-state index contributed by atoms with van der Waals surface area (Å²) in [6.07, 6.45) is 0.0875. The molecule has 1 N–H and O–H groups in total. The summed E-state index contributed by atoms with van der Waals surface area (Å²) < 4.78 is 0. The van der Waals surface area contributed by atoms with Gasteiger partial charge >= 0.3 is 5.97 Å². The quantitative estimate of drug-likeness (QED) is 0.798. The van der Waals surface area contributed by atoms with Crippen LogP contribution >= 0.6 is 11.6 Å². The van der Waals surface area contributed by atoms with E-state index in [0.29, 0.717) is 11.3 Å². The number of Topliss-reactive ketones (excluding diaryl/α,β-unsaturated/α-hetero) is 1. The topological polar surface area (TPSA) is 67.3 Å². The highest BCUT2D eigenvalue weighted by molar-refractivity contribution is 6.29. The maximum Gasteiger partial charge on any atom is 0.315 e. The van der Waals surface area contributed by atoms with Gasteiger partial charge in [0.15, 0.2) is 0 Å². The Kier molecular flexibility index (Phi) is 2.46. The molecule has 2 rings (SSSR count). The largest absolute Gasteiger partial charge is 0.481 e. The second-order valence-corrected chi connectivity index (χ2v) is 4.49. The first kappa shape index (κ1) is 11.1. The van der Waals surface area contributed by atoms with Crippen LogP contribution in [0.1, 0.15) is 24.1 Å². The molecule has 0 radical (unpaired) electrons.